The first-order chi connectivity index (χ1) is 6.69. The lowest BCUT2D eigenvalue weighted by molar-refractivity contribution is 0.275. The van der Waals surface area contributed by atoms with Crippen LogP contribution in [-0.2, 0) is 6.61 Å². The molecule has 0 aromatic heterocycles. The van der Waals surface area contributed by atoms with Gasteiger partial charge >= 0.3 is 0 Å². The summed E-state index contributed by atoms with van der Waals surface area (Å²) in [5.74, 6) is 0.507. The van der Waals surface area contributed by atoms with E-state index in [1.54, 1.807) is 12.1 Å². The van der Waals surface area contributed by atoms with Gasteiger partial charge in [-0.2, -0.15) is 0 Å². The molecule has 0 amide bonds. The normalized spacial score (nSPS) is 12.8. The van der Waals surface area contributed by atoms with E-state index < -0.39 is 0 Å². The van der Waals surface area contributed by atoms with Crippen molar-refractivity contribution in [2.24, 2.45) is 5.73 Å². The first kappa shape index (κ1) is 11.0. The highest BCUT2D eigenvalue weighted by molar-refractivity contribution is 5.37. The van der Waals surface area contributed by atoms with Crippen molar-refractivity contribution < 1.29 is 10.2 Å². The van der Waals surface area contributed by atoms with Crippen LogP contribution >= 0.6 is 0 Å². The maximum Gasteiger partial charge on any atom is 0.121 e. The molecule has 1 aromatic rings. The third kappa shape index (κ3) is 2.47. The number of aromatic hydroxyl groups is 1. The van der Waals surface area contributed by atoms with Crippen molar-refractivity contribution in [2.75, 3.05) is 6.54 Å². The molecule has 0 radical (unpaired) electrons. The summed E-state index contributed by atoms with van der Waals surface area (Å²) in [7, 11) is 0. The highest BCUT2D eigenvalue weighted by Gasteiger charge is 2.07. The fourth-order valence-electron chi connectivity index (χ4n) is 1.44. The van der Waals surface area contributed by atoms with Crippen LogP contribution < -0.4 is 5.73 Å². The van der Waals surface area contributed by atoms with Gasteiger partial charge < -0.3 is 15.9 Å². The predicted octanol–water partition coefficient (Wildman–Crippen LogP) is 1.34. The molecule has 0 fully saturated rings. The van der Waals surface area contributed by atoms with Gasteiger partial charge in [0.05, 0.1) is 6.61 Å². The maximum absolute atomic E-state index is 9.52. The molecule has 3 nitrogen and oxygen atoms in total. The Morgan fingerprint density at radius 1 is 1.43 bits per heavy atom. The number of hydrogen-bond acceptors (Lipinski definition) is 3. The SMILES string of the molecule is CC(CCN)c1ccc(CO)c(O)c1. The molecule has 0 aliphatic rings. The van der Waals surface area contributed by atoms with E-state index >= 15 is 0 Å². The van der Waals surface area contributed by atoms with Crippen molar-refractivity contribution in [3.8, 4) is 5.75 Å². The largest absolute Gasteiger partial charge is 0.508 e. The summed E-state index contributed by atoms with van der Waals surface area (Å²) in [6.45, 7) is 2.58. The fourth-order valence-corrected chi connectivity index (χ4v) is 1.44. The number of nitrogens with two attached hydrogens (primary N) is 1. The lowest BCUT2D eigenvalue weighted by atomic mass is 9.96. The van der Waals surface area contributed by atoms with Crippen LogP contribution in [0.3, 0.4) is 0 Å². The summed E-state index contributed by atoms with van der Waals surface area (Å²) in [6, 6.07) is 5.37. The Morgan fingerprint density at radius 3 is 2.64 bits per heavy atom. The Hall–Kier alpha value is -1.06. The molecule has 1 rings (SSSR count). The van der Waals surface area contributed by atoms with Gasteiger partial charge in [0, 0.05) is 5.56 Å². The molecule has 0 bridgehead atoms. The standard InChI is InChI=1S/C11H17NO2/c1-8(4-5-12)9-2-3-10(7-13)11(14)6-9/h2-3,6,8,13-14H,4-5,7,12H2,1H3. The molecule has 14 heavy (non-hydrogen) atoms. The fraction of sp³-hybridized carbons (Fsp3) is 0.455. The van der Waals surface area contributed by atoms with Crippen LogP contribution in [0.15, 0.2) is 18.2 Å². The average molecular weight is 195 g/mol. The number of phenols is 1. The van der Waals surface area contributed by atoms with Crippen molar-refractivity contribution in [3.63, 3.8) is 0 Å². The molecule has 4 N–H and O–H groups in total. The maximum atomic E-state index is 9.52. The molecule has 3 heteroatoms. The van der Waals surface area contributed by atoms with Crippen molar-refractivity contribution in [2.45, 2.75) is 25.9 Å². The molecule has 1 unspecified atom stereocenters. The molecule has 0 spiro atoms. The number of aliphatic hydroxyl groups excluding tert-OH is 1. The van der Waals surface area contributed by atoms with Gasteiger partial charge in [-0.25, -0.2) is 0 Å². The highest BCUT2D eigenvalue weighted by Crippen LogP contribution is 2.25. The van der Waals surface area contributed by atoms with Gasteiger partial charge in [0.1, 0.15) is 5.75 Å². The first-order valence-corrected chi connectivity index (χ1v) is 4.81. The molecule has 0 heterocycles. The summed E-state index contributed by atoms with van der Waals surface area (Å²) in [5.41, 5.74) is 7.08. The molecule has 78 valence electrons. The Kier molecular flexibility index (Phi) is 3.92. The zero-order valence-corrected chi connectivity index (χ0v) is 8.40. The number of rotatable bonds is 4. The molecule has 0 aliphatic heterocycles. The van der Waals surface area contributed by atoms with E-state index in [-0.39, 0.29) is 12.4 Å². The van der Waals surface area contributed by atoms with Crippen LogP contribution in [0.4, 0.5) is 0 Å². The van der Waals surface area contributed by atoms with Gasteiger partial charge in [-0.1, -0.05) is 19.1 Å². The first-order valence-electron chi connectivity index (χ1n) is 4.81. The summed E-state index contributed by atoms with van der Waals surface area (Å²) in [5, 5.41) is 18.4. The Morgan fingerprint density at radius 2 is 2.14 bits per heavy atom. The van der Waals surface area contributed by atoms with Crippen LogP contribution in [0.2, 0.25) is 0 Å². The molecule has 0 aliphatic carbocycles. The summed E-state index contributed by atoms with van der Waals surface area (Å²) in [4.78, 5) is 0. The van der Waals surface area contributed by atoms with Crippen LogP contribution in [0.5, 0.6) is 5.75 Å². The topological polar surface area (TPSA) is 66.5 Å². The van der Waals surface area contributed by atoms with Gasteiger partial charge in [0.25, 0.3) is 0 Å². The van der Waals surface area contributed by atoms with Gasteiger partial charge in [0.2, 0.25) is 0 Å². The quantitative estimate of drug-likeness (QED) is 0.679. The third-order valence-electron chi connectivity index (χ3n) is 2.45. The monoisotopic (exact) mass is 195 g/mol. The van der Waals surface area contributed by atoms with Crippen LogP contribution in [0.25, 0.3) is 0 Å². The van der Waals surface area contributed by atoms with E-state index in [0.29, 0.717) is 18.0 Å². The minimum absolute atomic E-state index is 0.128. The Labute approximate surface area is 84.2 Å². The van der Waals surface area contributed by atoms with E-state index in [9.17, 15) is 5.11 Å². The molecule has 0 saturated heterocycles. The molecule has 1 aromatic carbocycles. The van der Waals surface area contributed by atoms with Crippen molar-refractivity contribution in [1.82, 2.24) is 0 Å². The lowest BCUT2D eigenvalue weighted by Gasteiger charge is -2.11. The second-order valence-corrected chi connectivity index (χ2v) is 3.52. The Bertz CT molecular complexity index is 299. The second kappa shape index (κ2) is 4.98. The number of benzene rings is 1. The van der Waals surface area contributed by atoms with Crippen LogP contribution in [-0.4, -0.2) is 16.8 Å². The predicted molar refractivity (Wildman–Crippen MR) is 56.1 cm³/mol. The minimum atomic E-state index is -0.128. The van der Waals surface area contributed by atoms with Gasteiger partial charge in [0.15, 0.2) is 0 Å². The zero-order valence-electron chi connectivity index (χ0n) is 8.40. The molecule has 0 saturated carbocycles. The van der Waals surface area contributed by atoms with E-state index in [1.165, 1.54) is 0 Å². The van der Waals surface area contributed by atoms with Crippen LogP contribution in [0.1, 0.15) is 30.4 Å². The van der Waals surface area contributed by atoms with E-state index in [2.05, 4.69) is 6.92 Å². The van der Waals surface area contributed by atoms with Crippen LogP contribution in [0, 0.1) is 0 Å². The van der Waals surface area contributed by atoms with Crippen molar-refractivity contribution in [3.05, 3.63) is 29.3 Å². The van der Waals surface area contributed by atoms with Gasteiger partial charge in [-0.3, -0.25) is 0 Å². The van der Waals surface area contributed by atoms with Gasteiger partial charge in [-0.15, -0.1) is 0 Å². The summed E-state index contributed by atoms with van der Waals surface area (Å²) < 4.78 is 0. The van der Waals surface area contributed by atoms with Crippen molar-refractivity contribution in [1.29, 1.82) is 0 Å². The average Bonchev–Trinajstić information content (AvgIpc) is 2.18. The van der Waals surface area contributed by atoms with Gasteiger partial charge in [-0.05, 0) is 30.5 Å². The molecular weight excluding hydrogens is 178 g/mol. The smallest absolute Gasteiger partial charge is 0.121 e. The second-order valence-electron chi connectivity index (χ2n) is 3.52. The molecular formula is C11H17NO2. The number of aliphatic hydroxyl groups is 1. The zero-order chi connectivity index (χ0) is 10.6. The highest BCUT2D eigenvalue weighted by atomic mass is 16.3. The minimum Gasteiger partial charge on any atom is -0.508 e. The van der Waals surface area contributed by atoms with E-state index in [4.69, 9.17) is 10.8 Å². The summed E-state index contributed by atoms with van der Waals surface area (Å²) >= 11 is 0. The third-order valence-corrected chi connectivity index (χ3v) is 2.45. The Balaban J connectivity index is 2.85. The van der Waals surface area contributed by atoms with E-state index in [1.807, 2.05) is 6.07 Å². The van der Waals surface area contributed by atoms with Crippen molar-refractivity contribution >= 4 is 0 Å². The van der Waals surface area contributed by atoms with E-state index in [0.717, 1.165) is 12.0 Å². The summed E-state index contributed by atoms with van der Waals surface area (Å²) in [6.07, 6.45) is 0.901. The lowest BCUT2D eigenvalue weighted by Crippen LogP contribution is -2.04. The number of hydrogen-bond donors (Lipinski definition) is 3. The molecule has 1 atom stereocenters.